The van der Waals surface area contributed by atoms with E-state index in [4.69, 9.17) is 0 Å². The second-order valence-electron chi connectivity index (χ2n) is 4.33. The Morgan fingerprint density at radius 3 is 2.40 bits per heavy atom. The smallest absolute Gasteiger partial charge is 0.264 e. The van der Waals surface area contributed by atoms with Gasteiger partial charge in [0, 0.05) is 30.3 Å². The molecule has 0 amide bonds. The van der Waals surface area contributed by atoms with Gasteiger partial charge in [0.05, 0.1) is 12.0 Å². The normalized spacial score (nSPS) is 11.8. The quantitative estimate of drug-likeness (QED) is 0.413. The van der Waals surface area contributed by atoms with E-state index in [1.165, 1.54) is 12.1 Å². The molecule has 0 aliphatic heterocycles. The molecule has 2 aromatic carbocycles. The van der Waals surface area contributed by atoms with Crippen LogP contribution in [0.15, 0.2) is 53.3 Å². The molecule has 1 aromatic heterocycles. The van der Waals surface area contributed by atoms with Gasteiger partial charge in [-0.05, 0) is 6.07 Å². The number of hydrogen-bond acceptors (Lipinski definition) is 3. The van der Waals surface area contributed by atoms with Gasteiger partial charge in [0.15, 0.2) is 0 Å². The van der Waals surface area contributed by atoms with Crippen LogP contribution in [0.4, 0.5) is 5.69 Å². The van der Waals surface area contributed by atoms with Crippen molar-refractivity contribution in [2.24, 2.45) is 7.05 Å². The third-order valence-electron chi connectivity index (χ3n) is 3.16. The van der Waals surface area contributed by atoms with Gasteiger partial charge in [-0.1, -0.05) is 12.1 Å². The van der Waals surface area contributed by atoms with Gasteiger partial charge >= 0.3 is 5.56 Å². The molecule has 5 nitrogen and oxygen atoms in total. The van der Waals surface area contributed by atoms with Gasteiger partial charge in [0.25, 0.3) is 5.69 Å². The molecule has 100 valence electrons. The third-order valence-corrected chi connectivity index (χ3v) is 5.36. The van der Waals surface area contributed by atoms with Gasteiger partial charge in [-0.3, -0.25) is 14.9 Å². The highest BCUT2D eigenvalue weighted by atomic mass is 32.2. The first kappa shape index (κ1) is 12.6. The van der Waals surface area contributed by atoms with Crippen molar-refractivity contribution in [3.05, 3.63) is 69.0 Å². The Kier molecular flexibility index (Phi) is 2.87. The van der Waals surface area contributed by atoms with E-state index < -0.39 is 15.6 Å². The Hall–Kier alpha value is -2.47. The Morgan fingerprint density at radius 2 is 1.75 bits per heavy atom. The average Bonchev–Trinajstić information content (AvgIpc) is 2.72. The van der Waals surface area contributed by atoms with E-state index >= 15 is 0 Å². The van der Waals surface area contributed by atoms with Crippen molar-refractivity contribution >= 4 is 26.4 Å². The van der Waals surface area contributed by atoms with Crippen LogP contribution in [0.3, 0.4) is 0 Å². The summed E-state index contributed by atoms with van der Waals surface area (Å²) in [6, 6.07) is 13.9. The zero-order valence-electron chi connectivity index (χ0n) is 10.6. The summed E-state index contributed by atoms with van der Waals surface area (Å²) in [6.07, 6.45) is 0. The molecule has 0 saturated heterocycles. The number of benzene rings is 2. The molecule has 1 unspecified atom stereocenters. The maximum Gasteiger partial charge on any atom is 0.304 e. The molecule has 0 aliphatic rings. The van der Waals surface area contributed by atoms with Crippen molar-refractivity contribution in [2.45, 2.75) is 0 Å². The third kappa shape index (κ3) is 1.81. The summed E-state index contributed by atoms with van der Waals surface area (Å²) >= 11 is 0. The van der Waals surface area contributed by atoms with Crippen LogP contribution in [0, 0.1) is 10.1 Å². The molecule has 0 fully saturated rings. The molecule has 0 radical (unpaired) electrons. The van der Waals surface area contributed by atoms with E-state index in [9.17, 15) is 14.9 Å². The lowest BCUT2D eigenvalue weighted by Crippen LogP contribution is -2.09. The van der Waals surface area contributed by atoms with Crippen LogP contribution in [-0.4, -0.2) is 8.88 Å². The van der Waals surface area contributed by atoms with Gasteiger partial charge < -0.3 is 0 Å². The minimum absolute atomic E-state index is 0.0118. The van der Waals surface area contributed by atoms with E-state index in [0.717, 1.165) is 9.60 Å². The highest BCUT2D eigenvalue weighted by Gasteiger charge is 2.24. The first-order valence-electron chi connectivity index (χ1n) is 5.95. The van der Waals surface area contributed by atoms with E-state index in [-0.39, 0.29) is 11.2 Å². The standard InChI is InChI=1S/C14H11N2O3S/c1-15-14(17)12-4-2-3-5-13(12)20(15)11-8-6-10(7-9-11)16(18)19/h2-9H,1H3/q+1. The fourth-order valence-electron chi connectivity index (χ4n) is 2.19. The van der Waals surface area contributed by atoms with Gasteiger partial charge in [-0.25, -0.2) is 0 Å². The summed E-state index contributed by atoms with van der Waals surface area (Å²) in [5.41, 5.74) is 0.0427. The SMILES string of the molecule is Cn1c(=O)c2ccccc2[s+]1-c1ccc([N+](=O)[O-])cc1. The number of nitro benzene ring substituents is 1. The van der Waals surface area contributed by atoms with Crippen molar-refractivity contribution in [3.8, 4) is 4.90 Å². The second-order valence-corrected chi connectivity index (χ2v) is 6.36. The molecule has 1 heterocycles. The summed E-state index contributed by atoms with van der Waals surface area (Å²) < 4.78 is 2.65. The van der Waals surface area contributed by atoms with E-state index in [0.29, 0.717) is 5.39 Å². The van der Waals surface area contributed by atoms with Gasteiger partial charge in [0.2, 0.25) is 9.60 Å². The molecule has 0 aliphatic carbocycles. The van der Waals surface area contributed by atoms with E-state index in [2.05, 4.69) is 0 Å². The van der Waals surface area contributed by atoms with Gasteiger partial charge in [0.1, 0.15) is 16.1 Å². The predicted octanol–water partition coefficient (Wildman–Crippen LogP) is 3.19. The van der Waals surface area contributed by atoms with Crippen LogP contribution in [-0.2, 0) is 7.05 Å². The number of fused-ring (bicyclic) bond motifs is 1. The van der Waals surface area contributed by atoms with Crippen LogP contribution in [0.25, 0.3) is 15.0 Å². The highest BCUT2D eigenvalue weighted by molar-refractivity contribution is 7.41. The van der Waals surface area contributed by atoms with Crippen molar-refractivity contribution in [1.29, 1.82) is 0 Å². The second kappa shape index (κ2) is 4.57. The molecule has 3 aromatic rings. The number of nitro groups is 1. The molecule has 0 N–H and O–H groups in total. The Labute approximate surface area is 117 Å². The minimum Gasteiger partial charge on any atom is -0.264 e. The number of rotatable bonds is 2. The van der Waals surface area contributed by atoms with E-state index in [1.54, 1.807) is 23.1 Å². The summed E-state index contributed by atoms with van der Waals surface area (Å²) in [5.74, 6) is 0. The number of nitrogens with zero attached hydrogens (tertiary/aromatic N) is 2. The van der Waals surface area contributed by atoms with Crippen LogP contribution in [0.5, 0.6) is 0 Å². The topological polar surface area (TPSA) is 65.1 Å². The zero-order chi connectivity index (χ0) is 14.3. The Bertz CT molecular complexity index is 862. The lowest BCUT2D eigenvalue weighted by atomic mass is 10.3. The Morgan fingerprint density at radius 1 is 1.10 bits per heavy atom. The monoisotopic (exact) mass is 287 g/mol. The van der Waals surface area contributed by atoms with Crippen molar-refractivity contribution in [3.63, 3.8) is 0 Å². The number of hydrogen-bond donors (Lipinski definition) is 0. The molecular formula is C14H11N2O3S+. The largest absolute Gasteiger partial charge is 0.304 e. The maximum absolute atomic E-state index is 12.2. The van der Waals surface area contributed by atoms with Crippen molar-refractivity contribution < 1.29 is 4.92 Å². The summed E-state index contributed by atoms with van der Waals surface area (Å²) in [5, 5.41) is 11.4. The van der Waals surface area contributed by atoms with Gasteiger partial charge in [-0.2, -0.15) is 0 Å². The minimum atomic E-state index is -0.501. The first-order chi connectivity index (χ1) is 9.59. The summed E-state index contributed by atoms with van der Waals surface area (Å²) in [6.45, 7) is 0. The van der Waals surface area contributed by atoms with E-state index in [1.807, 2.05) is 24.3 Å². The molecule has 0 saturated carbocycles. The van der Waals surface area contributed by atoms with Gasteiger partial charge in [-0.15, -0.1) is 3.96 Å². The number of non-ortho nitro benzene ring substituents is 1. The molecule has 6 heteroatoms. The molecule has 0 bridgehead atoms. The fraction of sp³-hybridized carbons (Fsp3) is 0.0714. The molecular weight excluding hydrogens is 276 g/mol. The summed E-state index contributed by atoms with van der Waals surface area (Å²) in [4.78, 5) is 23.3. The lowest BCUT2D eigenvalue weighted by Gasteiger charge is -1.94. The van der Waals surface area contributed by atoms with Crippen LogP contribution < -0.4 is 5.56 Å². The number of aromatic nitrogens is 1. The fourth-order valence-corrected chi connectivity index (χ4v) is 4.29. The van der Waals surface area contributed by atoms with Crippen LogP contribution >= 0.6 is 10.7 Å². The molecule has 20 heavy (non-hydrogen) atoms. The molecule has 1 atom stereocenters. The first-order valence-corrected chi connectivity index (χ1v) is 7.13. The lowest BCUT2D eigenvalue weighted by molar-refractivity contribution is -0.384. The van der Waals surface area contributed by atoms with Crippen molar-refractivity contribution in [1.82, 2.24) is 3.96 Å². The Balaban J connectivity index is 2.27. The predicted molar refractivity (Wildman–Crippen MR) is 79.7 cm³/mol. The van der Waals surface area contributed by atoms with Crippen LogP contribution in [0.1, 0.15) is 0 Å². The maximum atomic E-state index is 12.2. The van der Waals surface area contributed by atoms with Crippen molar-refractivity contribution in [2.75, 3.05) is 0 Å². The zero-order valence-corrected chi connectivity index (χ0v) is 11.5. The average molecular weight is 287 g/mol. The molecule has 3 rings (SSSR count). The highest BCUT2D eigenvalue weighted by Crippen LogP contribution is 2.37. The molecule has 0 spiro atoms. The summed E-state index contributed by atoms with van der Waals surface area (Å²) in [7, 11) is 1.26. The van der Waals surface area contributed by atoms with Crippen LogP contribution in [0.2, 0.25) is 0 Å².